The predicted octanol–water partition coefficient (Wildman–Crippen LogP) is 0.631. The summed E-state index contributed by atoms with van der Waals surface area (Å²) in [6.45, 7) is 3.80. The third-order valence-electron chi connectivity index (χ3n) is 2.60. The molecule has 1 N–H and O–H groups in total. The fraction of sp³-hybridized carbons (Fsp3) is 0.636. The highest BCUT2D eigenvalue weighted by Gasteiger charge is 2.20. The van der Waals surface area contributed by atoms with Gasteiger partial charge in [-0.25, -0.2) is 4.68 Å². The van der Waals surface area contributed by atoms with Crippen molar-refractivity contribution in [3.63, 3.8) is 0 Å². The van der Waals surface area contributed by atoms with Crippen molar-refractivity contribution in [2.75, 3.05) is 6.54 Å². The van der Waals surface area contributed by atoms with Crippen molar-refractivity contribution < 1.29 is 0 Å². The maximum atomic E-state index is 11.4. The summed E-state index contributed by atoms with van der Waals surface area (Å²) in [5.41, 5.74) is -0.0178. The number of hydrogen-bond acceptors (Lipinski definition) is 3. The Hall–Kier alpha value is -1.16. The first-order valence-electron chi connectivity index (χ1n) is 5.51. The molecule has 0 aliphatic heterocycles. The summed E-state index contributed by atoms with van der Waals surface area (Å²) in [5.74, 6) is 0.443. The van der Waals surface area contributed by atoms with Crippen LogP contribution in [0.25, 0.3) is 0 Å². The van der Waals surface area contributed by atoms with Crippen LogP contribution < -0.4 is 10.9 Å². The molecule has 0 saturated heterocycles. The molecule has 1 fully saturated rings. The predicted molar refractivity (Wildman–Crippen MR) is 58.7 cm³/mol. The van der Waals surface area contributed by atoms with E-state index in [1.807, 2.05) is 0 Å². The number of hydrogen-bond donors (Lipinski definition) is 1. The topological polar surface area (TPSA) is 46.9 Å². The van der Waals surface area contributed by atoms with E-state index < -0.39 is 0 Å². The molecule has 1 saturated carbocycles. The Balaban J connectivity index is 1.84. The van der Waals surface area contributed by atoms with E-state index in [0.717, 1.165) is 12.6 Å². The molecule has 1 aliphatic carbocycles. The summed E-state index contributed by atoms with van der Waals surface area (Å²) in [4.78, 5) is 11.4. The van der Waals surface area contributed by atoms with Crippen LogP contribution in [0, 0.1) is 5.92 Å². The van der Waals surface area contributed by atoms with Crippen molar-refractivity contribution >= 4 is 0 Å². The molecule has 1 atom stereocenters. The van der Waals surface area contributed by atoms with Gasteiger partial charge in [-0.3, -0.25) is 4.79 Å². The van der Waals surface area contributed by atoms with Gasteiger partial charge in [0, 0.05) is 24.8 Å². The lowest BCUT2D eigenvalue weighted by atomic mass is 10.2. The molecule has 1 aromatic rings. The van der Waals surface area contributed by atoms with Crippen LogP contribution in [-0.2, 0) is 6.54 Å². The molecule has 1 heterocycles. The zero-order valence-electron chi connectivity index (χ0n) is 9.02. The lowest BCUT2D eigenvalue weighted by Gasteiger charge is -2.12. The summed E-state index contributed by atoms with van der Waals surface area (Å²) in [6, 6.07) is 3.95. The first kappa shape index (κ1) is 10.4. The van der Waals surface area contributed by atoms with Gasteiger partial charge >= 0.3 is 0 Å². The molecular weight excluding hydrogens is 190 g/mol. The lowest BCUT2D eigenvalue weighted by molar-refractivity contribution is 0.409. The van der Waals surface area contributed by atoms with E-state index in [1.54, 1.807) is 18.3 Å². The fourth-order valence-corrected chi connectivity index (χ4v) is 1.54. The van der Waals surface area contributed by atoms with Gasteiger partial charge in [0.25, 0.3) is 5.56 Å². The fourth-order valence-electron chi connectivity index (χ4n) is 1.54. The van der Waals surface area contributed by atoms with Crippen LogP contribution in [-0.4, -0.2) is 22.4 Å². The largest absolute Gasteiger partial charge is 0.314 e. The van der Waals surface area contributed by atoms with Gasteiger partial charge in [0.1, 0.15) is 0 Å². The van der Waals surface area contributed by atoms with E-state index in [2.05, 4.69) is 17.3 Å². The highest BCUT2D eigenvalue weighted by atomic mass is 16.1. The molecular formula is C11H17N3O. The van der Waals surface area contributed by atoms with Crippen LogP contribution in [0.2, 0.25) is 0 Å². The summed E-state index contributed by atoms with van der Waals surface area (Å²) in [7, 11) is 0. The van der Waals surface area contributed by atoms with Gasteiger partial charge in [-0.1, -0.05) is 6.92 Å². The van der Waals surface area contributed by atoms with Crippen molar-refractivity contribution in [1.82, 2.24) is 15.1 Å². The normalized spacial score (nSPS) is 17.7. The molecule has 0 bridgehead atoms. The van der Waals surface area contributed by atoms with E-state index in [0.29, 0.717) is 12.5 Å². The third kappa shape index (κ3) is 3.16. The minimum absolute atomic E-state index is 0.0178. The maximum Gasteiger partial charge on any atom is 0.266 e. The highest BCUT2D eigenvalue weighted by Crippen LogP contribution is 2.18. The Labute approximate surface area is 89.3 Å². The van der Waals surface area contributed by atoms with Gasteiger partial charge in [0.2, 0.25) is 0 Å². The third-order valence-corrected chi connectivity index (χ3v) is 2.60. The lowest BCUT2D eigenvalue weighted by Crippen LogP contribution is -2.30. The number of rotatable bonds is 5. The average molecular weight is 207 g/mol. The molecule has 15 heavy (non-hydrogen) atoms. The van der Waals surface area contributed by atoms with Crippen LogP contribution in [0.3, 0.4) is 0 Å². The number of nitrogens with zero attached hydrogens (tertiary/aromatic N) is 2. The molecule has 1 aromatic heterocycles. The van der Waals surface area contributed by atoms with E-state index in [-0.39, 0.29) is 5.56 Å². The minimum atomic E-state index is -0.0178. The molecule has 0 spiro atoms. The van der Waals surface area contributed by atoms with Crippen molar-refractivity contribution in [2.24, 2.45) is 5.92 Å². The standard InChI is InChI=1S/C11H17N3O/c1-9(7-12-10-4-5-10)8-14-11(15)3-2-6-13-14/h2-3,6,9-10,12H,4-5,7-8H2,1H3. The molecule has 1 aliphatic rings. The summed E-state index contributed by atoms with van der Waals surface area (Å²) >= 11 is 0. The van der Waals surface area contributed by atoms with Crippen LogP contribution in [0.1, 0.15) is 19.8 Å². The number of nitrogens with one attached hydrogen (secondary N) is 1. The Kier molecular flexibility index (Phi) is 3.16. The zero-order valence-corrected chi connectivity index (χ0v) is 9.02. The van der Waals surface area contributed by atoms with Crippen LogP contribution in [0.5, 0.6) is 0 Å². The van der Waals surface area contributed by atoms with Gasteiger partial charge in [-0.15, -0.1) is 0 Å². The highest BCUT2D eigenvalue weighted by molar-refractivity contribution is 4.85. The van der Waals surface area contributed by atoms with E-state index in [9.17, 15) is 4.79 Å². The van der Waals surface area contributed by atoms with Crippen LogP contribution in [0.4, 0.5) is 0 Å². The summed E-state index contributed by atoms with van der Waals surface area (Å²) in [6.07, 6.45) is 4.26. The van der Waals surface area contributed by atoms with Crippen molar-refractivity contribution in [3.05, 3.63) is 28.7 Å². The molecule has 82 valence electrons. The van der Waals surface area contributed by atoms with Crippen LogP contribution >= 0.6 is 0 Å². The molecule has 0 amide bonds. The Morgan fingerprint density at radius 3 is 3.13 bits per heavy atom. The van der Waals surface area contributed by atoms with Crippen molar-refractivity contribution in [3.8, 4) is 0 Å². The van der Waals surface area contributed by atoms with Gasteiger partial charge in [0.05, 0.1) is 0 Å². The Morgan fingerprint density at radius 1 is 1.67 bits per heavy atom. The average Bonchev–Trinajstić information content (AvgIpc) is 3.02. The number of aromatic nitrogens is 2. The minimum Gasteiger partial charge on any atom is -0.314 e. The monoisotopic (exact) mass is 207 g/mol. The second-order valence-corrected chi connectivity index (χ2v) is 4.33. The van der Waals surface area contributed by atoms with E-state index in [1.165, 1.54) is 17.5 Å². The SMILES string of the molecule is CC(CNC1CC1)Cn1ncccc1=O. The molecule has 4 nitrogen and oxygen atoms in total. The first-order chi connectivity index (χ1) is 7.25. The molecule has 4 heteroatoms. The van der Waals surface area contributed by atoms with E-state index in [4.69, 9.17) is 0 Å². The van der Waals surface area contributed by atoms with Gasteiger partial charge in [0.15, 0.2) is 0 Å². The second-order valence-electron chi connectivity index (χ2n) is 4.33. The van der Waals surface area contributed by atoms with Gasteiger partial charge in [-0.05, 0) is 31.4 Å². The van der Waals surface area contributed by atoms with Crippen molar-refractivity contribution in [2.45, 2.75) is 32.4 Å². The summed E-state index contributed by atoms with van der Waals surface area (Å²) in [5, 5.41) is 7.49. The Morgan fingerprint density at radius 2 is 2.47 bits per heavy atom. The van der Waals surface area contributed by atoms with Crippen LogP contribution in [0.15, 0.2) is 23.1 Å². The van der Waals surface area contributed by atoms with Gasteiger partial charge in [-0.2, -0.15) is 5.10 Å². The maximum absolute atomic E-state index is 11.4. The van der Waals surface area contributed by atoms with E-state index >= 15 is 0 Å². The van der Waals surface area contributed by atoms with Gasteiger partial charge < -0.3 is 5.32 Å². The second kappa shape index (κ2) is 4.57. The summed E-state index contributed by atoms with van der Waals surface area (Å²) < 4.78 is 1.53. The van der Waals surface area contributed by atoms with Crippen molar-refractivity contribution in [1.29, 1.82) is 0 Å². The molecule has 0 radical (unpaired) electrons. The Bertz CT molecular complexity index is 370. The smallest absolute Gasteiger partial charge is 0.266 e. The molecule has 2 rings (SSSR count). The molecule has 1 unspecified atom stereocenters. The first-order valence-corrected chi connectivity index (χ1v) is 5.51. The quantitative estimate of drug-likeness (QED) is 0.770. The molecule has 0 aromatic carbocycles. The zero-order chi connectivity index (χ0) is 10.7.